The van der Waals surface area contributed by atoms with Crippen molar-refractivity contribution < 1.29 is 0 Å². The van der Waals surface area contributed by atoms with Crippen LogP contribution in [0.3, 0.4) is 0 Å². The molecule has 0 spiro atoms. The van der Waals surface area contributed by atoms with Gasteiger partial charge in [0.15, 0.2) is 0 Å². The van der Waals surface area contributed by atoms with Crippen LogP contribution in [-0.4, -0.2) is 24.8 Å². The minimum absolute atomic E-state index is 0.676. The molecule has 0 fully saturated rings. The highest BCUT2D eigenvalue weighted by atomic mass is 79.9. The average Bonchev–Trinajstić information content (AvgIpc) is 2.89. The van der Waals surface area contributed by atoms with E-state index in [1.54, 1.807) is 0 Å². The molecule has 5 nitrogen and oxygen atoms in total. The highest BCUT2D eigenvalue weighted by molar-refractivity contribution is 9.10. The second-order valence-electron chi connectivity index (χ2n) is 3.70. The van der Waals surface area contributed by atoms with E-state index in [2.05, 4.69) is 54.2 Å². The Kier molecular flexibility index (Phi) is 3.98. The zero-order valence-electron chi connectivity index (χ0n) is 9.69. The second kappa shape index (κ2) is 5.30. The fourth-order valence-electron chi connectivity index (χ4n) is 1.65. The van der Waals surface area contributed by atoms with Crippen molar-refractivity contribution in [2.75, 3.05) is 0 Å². The first-order chi connectivity index (χ1) is 8.15. The van der Waals surface area contributed by atoms with E-state index in [0.717, 1.165) is 33.4 Å². The lowest BCUT2D eigenvalue weighted by atomic mass is 10.3. The summed E-state index contributed by atoms with van der Waals surface area (Å²) in [6, 6.07) is 0. The van der Waals surface area contributed by atoms with E-state index in [-0.39, 0.29) is 0 Å². The van der Waals surface area contributed by atoms with Crippen molar-refractivity contribution in [1.82, 2.24) is 24.8 Å². The molecule has 0 radical (unpaired) electrons. The van der Waals surface area contributed by atoms with Crippen molar-refractivity contribution in [3.8, 4) is 0 Å². The first-order valence-corrected chi connectivity index (χ1v) is 7.24. The van der Waals surface area contributed by atoms with Crippen molar-refractivity contribution in [3.05, 3.63) is 27.8 Å². The largest absolute Gasteiger partial charge is 0.267 e. The molecule has 0 N–H and O–H groups in total. The molecule has 2 aromatic heterocycles. The number of hydrogen-bond acceptors (Lipinski definition) is 3. The van der Waals surface area contributed by atoms with Crippen LogP contribution in [-0.2, 0) is 18.4 Å². The summed E-state index contributed by atoms with van der Waals surface area (Å²) in [5.41, 5.74) is 3.05. The molecule has 0 amide bonds. The topological polar surface area (TPSA) is 48.5 Å². The van der Waals surface area contributed by atoms with E-state index in [4.69, 9.17) is 0 Å². The van der Waals surface area contributed by atoms with Crippen LogP contribution in [0, 0.1) is 6.92 Å². The smallest absolute Gasteiger partial charge is 0.0932 e. The van der Waals surface area contributed by atoms with Crippen LogP contribution < -0.4 is 0 Å². The molecule has 2 aromatic rings. The van der Waals surface area contributed by atoms with Gasteiger partial charge in [-0.15, -0.1) is 5.10 Å². The monoisotopic (exact) mass is 361 g/mol. The SMILES string of the molecule is CCn1nc(C)c(Br)c1Cn1cc(CBr)nn1. The number of nitrogens with zero attached hydrogens (tertiary/aromatic N) is 5. The Morgan fingerprint density at radius 1 is 1.41 bits per heavy atom. The normalized spacial score (nSPS) is 11.1. The quantitative estimate of drug-likeness (QED) is 0.785. The van der Waals surface area contributed by atoms with Crippen LogP contribution >= 0.6 is 31.9 Å². The molecule has 0 aromatic carbocycles. The lowest BCUT2D eigenvalue weighted by Crippen LogP contribution is -2.08. The Bertz CT molecular complexity index is 517. The van der Waals surface area contributed by atoms with Crippen molar-refractivity contribution in [1.29, 1.82) is 0 Å². The number of aryl methyl sites for hydroxylation is 2. The third-order valence-electron chi connectivity index (χ3n) is 2.49. The van der Waals surface area contributed by atoms with Gasteiger partial charge in [0, 0.05) is 18.1 Å². The zero-order valence-corrected chi connectivity index (χ0v) is 12.9. The van der Waals surface area contributed by atoms with Crippen LogP contribution in [0.4, 0.5) is 0 Å². The van der Waals surface area contributed by atoms with Gasteiger partial charge in [-0.1, -0.05) is 21.1 Å². The van der Waals surface area contributed by atoms with Crippen LogP contribution in [0.25, 0.3) is 0 Å². The molecule has 7 heteroatoms. The molecule has 0 atom stereocenters. The maximum atomic E-state index is 4.45. The molecule has 0 saturated carbocycles. The van der Waals surface area contributed by atoms with Gasteiger partial charge in [-0.05, 0) is 29.8 Å². The van der Waals surface area contributed by atoms with Crippen molar-refractivity contribution >= 4 is 31.9 Å². The molecule has 0 unspecified atom stereocenters. The summed E-state index contributed by atoms with van der Waals surface area (Å²) in [6.45, 7) is 5.59. The Morgan fingerprint density at radius 3 is 2.76 bits per heavy atom. The number of rotatable bonds is 4. The van der Waals surface area contributed by atoms with Gasteiger partial charge in [0.1, 0.15) is 0 Å². The van der Waals surface area contributed by atoms with E-state index in [0.29, 0.717) is 6.54 Å². The molecular formula is C10H13Br2N5. The van der Waals surface area contributed by atoms with Crippen molar-refractivity contribution in [2.45, 2.75) is 32.3 Å². The molecular weight excluding hydrogens is 350 g/mol. The summed E-state index contributed by atoms with van der Waals surface area (Å²) in [4.78, 5) is 0. The first kappa shape index (κ1) is 12.8. The average molecular weight is 363 g/mol. The summed E-state index contributed by atoms with van der Waals surface area (Å²) in [7, 11) is 0. The Hall–Kier alpha value is -0.690. The summed E-state index contributed by atoms with van der Waals surface area (Å²) in [5.74, 6) is 0. The van der Waals surface area contributed by atoms with Crippen molar-refractivity contribution in [3.63, 3.8) is 0 Å². The Morgan fingerprint density at radius 2 is 2.18 bits per heavy atom. The highest BCUT2D eigenvalue weighted by Gasteiger charge is 2.13. The predicted molar refractivity (Wildman–Crippen MR) is 72.1 cm³/mol. The lowest BCUT2D eigenvalue weighted by molar-refractivity contribution is 0.563. The molecule has 0 aliphatic heterocycles. The number of hydrogen-bond donors (Lipinski definition) is 0. The molecule has 2 rings (SSSR count). The summed E-state index contributed by atoms with van der Waals surface area (Å²) in [5, 5.41) is 13.3. The number of alkyl halides is 1. The van der Waals surface area contributed by atoms with E-state index >= 15 is 0 Å². The third kappa shape index (κ3) is 2.60. The van der Waals surface area contributed by atoms with Crippen molar-refractivity contribution in [2.24, 2.45) is 0 Å². The van der Waals surface area contributed by atoms with Gasteiger partial charge >= 0.3 is 0 Å². The van der Waals surface area contributed by atoms with Gasteiger partial charge in [0.25, 0.3) is 0 Å². The van der Waals surface area contributed by atoms with Gasteiger partial charge in [-0.25, -0.2) is 4.68 Å². The Labute approximate surface area is 116 Å². The summed E-state index contributed by atoms with van der Waals surface area (Å²) >= 11 is 6.93. The fourth-order valence-corrected chi connectivity index (χ4v) is 2.32. The van der Waals surface area contributed by atoms with Gasteiger partial charge in [-0.2, -0.15) is 5.10 Å². The first-order valence-electron chi connectivity index (χ1n) is 5.32. The lowest BCUT2D eigenvalue weighted by Gasteiger charge is -2.04. The molecule has 0 bridgehead atoms. The molecule has 0 aliphatic carbocycles. The highest BCUT2D eigenvalue weighted by Crippen LogP contribution is 2.21. The maximum absolute atomic E-state index is 4.45. The predicted octanol–water partition coefficient (Wildman–Crippen LogP) is 2.51. The fraction of sp³-hybridized carbons (Fsp3) is 0.500. The minimum atomic E-state index is 0.676. The van der Waals surface area contributed by atoms with E-state index in [1.165, 1.54) is 0 Å². The Balaban J connectivity index is 2.28. The minimum Gasteiger partial charge on any atom is -0.267 e. The van der Waals surface area contributed by atoms with E-state index in [9.17, 15) is 0 Å². The number of halogens is 2. The van der Waals surface area contributed by atoms with Gasteiger partial charge < -0.3 is 0 Å². The molecule has 17 heavy (non-hydrogen) atoms. The molecule has 0 aliphatic rings. The maximum Gasteiger partial charge on any atom is 0.0932 e. The third-order valence-corrected chi connectivity index (χ3v) is 4.09. The van der Waals surface area contributed by atoms with Crippen LogP contribution in [0.1, 0.15) is 24.0 Å². The van der Waals surface area contributed by atoms with Gasteiger partial charge in [0.05, 0.1) is 28.1 Å². The second-order valence-corrected chi connectivity index (χ2v) is 5.06. The summed E-state index contributed by atoms with van der Waals surface area (Å²) in [6.07, 6.45) is 1.93. The zero-order chi connectivity index (χ0) is 12.4. The van der Waals surface area contributed by atoms with Crippen LogP contribution in [0.2, 0.25) is 0 Å². The van der Waals surface area contributed by atoms with Gasteiger partial charge in [-0.3, -0.25) is 4.68 Å². The molecule has 92 valence electrons. The van der Waals surface area contributed by atoms with Crippen LogP contribution in [0.15, 0.2) is 10.7 Å². The standard InChI is InChI=1S/C10H13Br2N5/c1-3-17-9(10(12)7(2)14-17)6-16-5-8(4-11)13-15-16/h5H,3-4,6H2,1-2H3. The number of aromatic nitrogens is 5. The van der Waals surface area contributed by atoms with Crippen LogP contribution in [0.5, 0.6) is 0 Å². The van der Waals surface area contributed by atoms with E-state index in [1.807, 2.05) is 22.5 Å². The molecule has 0 saturated heterocycles. The van der Waals surface area contributed by atoms with E-state index < -0.39 is 0 Å². The summed E-state index contributed by atoms with van der Waals surface area (Å²) < 4.78 is 4.86. The van der Waals surface area contributed by atoms with Gasteiger partial charge in [0.2, 0.25) is 0 Å². The molecule has 2 heterocycles.